The molecule has 3 rings (SSSR count). The van der Waals surface area contributed by atoms with Gasteiger partial charge in [-0.2, -0.15) is 0 Å². The van der Waals surface area contributed by atoms with Crippen molar-refractivity contribution >= 4 is 5.91 Å². The first-order valence-electron chi connectivity index (χ1n) is 7.30. The fourth-order valence-corrected chi connectivity index (χ4v) is 3.65. The van der Waals surface area contributed by atoms with Crippen LogP contribution in [0.4, 0.5) is 0 Å². The molecule has 1 aromatic rings. The van der Waals surface area contributed by atoms with Crippen LogP contribution in [-0.2, 0) is 10.2 Å². The Balaban J connectivity index is 2.17. The van der Waals surface area contributed by atoms with Crippen LogP contribution in [0, 0.1) is 5.92 Å². The molecule has 3 atom stereocenters. The second-order valence-electron chi connectivity index (χ2n) is 6.05. The molecule has 0 aromatic heterocycles. The van der Waals surface area contributed by atoms with Crippen LogP contribution in [0.25, 0.3) is 0 Å². The van der Waals surface area contributed by atoms with Crippen LogP contribution in [0.3, 0.4) is 0 Å². The summed E-state index contributed by atoms with van der Waals surface area (Å²) in [5.41, 5.74) is 2.92. The fourth-order valence-electron chi connectivity index (χ4n) is 3.65. The van der Waals surface area contributed by atoms with E-state index in [4.69, 9.17) is 0 Å². The number of carbonyl (C=O) groups excluding carboxylic acids is 1. The highest BCUT2D eigenvalue weighted by Gasteiger charge is 2.50. The van der Waals surface area contributed by atoms with Crippen LogP contribution < -0.4 is 0 Å². The lowest BCUT2D eigenvalue weighted by atomic mass is 9.68. The Morgan fingerprint density at radius 3 is 2.85 bits per heavy atom. The molecule has 3 heteroatoms. The summed E-state index contributed by atoms with van der Waals surface area (Å²) in [6.45, 7) is 6.99. The average Bonchev–Trinajstić information content (AvgIpc) is 2.72. The fraction of sp³-hybridized carbons (Fsp3) is 0.471. The number of rotatable bonds is 1. The highest BCUT2D eigenvalue weighted by Crippen LogP contribution is 2.52. The molecule has 0 spiro atoms. The molecule has 0 saturated carbocycles. The lowest BCUT2D eigenvalue weighted by Crippen LogP contribution is -2.35. The summed E-state index contributed by atoms with van der Waals surface area (Å²) < 4.78 is 0. The van der Waals surface area contributed by atoms with Crippen molar-refractivity contribution in [3.05, 3.63) is 47.2 Å². The van der Waals surface area contributed by atoms with Crippen molar-refractivity contribution in [2.75, 3.05) is 6.54 Å². The van der Waals surface area contributed by atoms with Crippen molar-refractivity contribution in [3.8, 4) is 0 Å². The molecule has 1 N–H and O–H groups in total. The number of fused-ring (bicyclic) bond motifs is 3. The van der Waals surface area contributed by atoms with Gasteiger partial charge in [0.15, 0.2) is 0 Å². The average molecular weight is 271 g/mol. The third-order valence-corrected chi connectivity index (χ3v) is 5.02. The number of likely N-dealkylation sites (tertiary alicyclic amines) is 1. The van der Waals surface area contributed by atoms with Crippen molar-refractivity contribution in [1.82, 2.24) is 4.90 Å². The molecule has 1 amide bonds. The van der Waals surface area contributed by atoms with Gasteiger partial charge in [0.1, 0.15) is 0 Å². The third kappa shape index (κ3) is 1.59. The number of hydrogen-bond donors (Lipinski definition) is 1. The lowest BCUT2D eigenvalue weighted by molar-refractivity contribution is -0.128. The first-order valence-corrected chi connectivity index (χ1v) is 7.30. The Morgan fingerprint density at radius 2 is 2.15 bits per heavy atom. The van der Waals surface area contributed by atoms with E-state index in [0.717, 1.165) is 23.4 Å². The first kappa shape index (κ1) is 13.4. The number of aliphatic hydroxyl groups excluding tert-OH is 1. The normalized spacial score (nSPS) is 31.6. The van der Waals surface area contributed by atoms with Crippen LogP contribution in [0.2, 0.25) is 0 Å². The van der Waals surface area contributed by atoms with Gasteiger partial charge in [-0.1, -0.05) is 38.1 Å². The summed E-state index contributed by atoms with van der Waals surface area (Å²) in [6, 6.07) is 8.03. The van der Waals surface area contributed by atoms with Gasteiger partial charge in [0.25, 0.3) is 0 Å². The second-order valence-corrected chi connectivity index (χ2v) is 6.05. The van der Waals surface area contributed by atoms with E-state index < -0.39 is 6.10 Å². The first-order chi connectivity index (χ1) is 9.50. The van der Waals surface area contributed by atoms with E-state index in [0.29, 0.717) is 12.3 Å². The second kappa shape index (κ2) is 4.45. The van der Waals surface area contributed by atoms with Gasteiger partial charge in [0.2, 0.25) is 5.91 Å². The molecule has 1 aliphatic carbocycles. The largest absolute Gasteiger partial charge is 0.384 e. The number of benzene rings is 1. The number of allylic oxidation sites excluding steroid dienone is 1. The molecular weight excluding hydrogens is 250 g/mol. The van der Waals surface area contributed by atoms with Gasteiger partial charge in [-0.25, -0.2) is 0 Å². The van der Waals surface area contributed by atoms with Crippen molar-refractivity contribution in [3.63, 3.8) is 0 Å². The maximum absolute atomic E-state index is 12.2. The zero-order valence-electron chi connectivity index (χ0n) is 12.3. The molecule has 0 radical (unpaired) electrons. The van der Waals surface area contributed by atoms with Crippen molar-refractivity contribution < 1.29 is 9.90 Å². The standard InChI is InChI=1S/C17H21NO2/c1-4-16(20)18-10-11(2)17(3)13-8-6-5-7-12(13)14(19)9-15(17)18/h5-9,11,14,19H,4,10H2,1-3H3. The minimum Gasteiger partial charge on any atom is -0.384 e. The van der Waals surface area contributed by atoms with E-state index in [1.165, 1.54) is 0 Å². The van der Waals surface area contributed by atoms with Gasteiger partial charge < -0.3 is 10.0 Å². The molecular formula is C17H21NO2. The summed E-state index contributed by atoms with van der Waals surface area (Å²) in [4.78, 5) is 14.0. The molecule has 2 aliphatic rings. The molecule has 1 fully saturated rings. The minimum atomic E-state index is -0.619. The van der Waals surface area contributed by atoms with Gasteiger partial charge in [-0.3, -0.25) is 4.79 Å². The molecule has 1 saturated heterocycles. The Hall–Kier alpha value is -1.61. The van der Waals surface area contributed by atoms with Crippen LogP contribution >= 0.6 is 0 Å². The maximum atomic E-state index is 12.2. The number of hydrogen-bond acceptors (Lipinski definition) is 2. The number of carbonyl (C=O) groups is 1. The summed E-state index contributed by atoms with van der Waals surface area (Å²) in [7, 11) is 0. The molecule has 1 heterocycles. The van der Waals surface area contributed by atoms with E-state index in [2.05, 4.69) is 19.9 Å². The smallest absolute Gasteiger partial charge is 0.226 e. The SMILES string of the molecule is CCC(=O)N1CC(C)C2(C)C1=CC(O)c1ccccc12. The predicted molar refractivity (Wildman–Crippen MR) is 78.0 cm³/mol. The minimum absolute atomic E-state index is 0.137. The summed E-state index contributed by atoms with van der Waals surface area (Å²) >= 11 is 0. The van der Waals surface area contributed by atoms with Gasteiger partial charge in [-0.15, -0.1) is 0 Å². The van der Waals surface area contributed by atoms with Crippen molar-refractivity contribution in [2.45, 2.75) is 38.7 Å². The molecule has 3 unspecified atom stereocenters. The molecule has 3 nitrogen and oxygen atoms in total. The number of aliphatic hydroxyl groups is 1. The van der Waals surface area contributed by atoms with Crippen LogP contribution in [-0.4, -0.2) is 22.5 Å². The summed E-state index contributed by atoms with van der Waals surface area (Å²) in [5.74, 6) is 0.483. The Bertz CT molecular complexity index is 592. The number of amides is 1. The summed E-state index contributed by atoms with van der Waals surface area (Å²) in [6.07, 6.45) is 1.74. The highest BCUT2D eigenvalue weighted by atomic mass is 16.3. The van der Waals surface area contributed by atoms with Crippen LogP contribution in [0.15, 0.2) is 36.0 Å². The Morgan fingerprint density at radius 1 is 1.45 bits per heavy atom. The predicted octanol–water partition coefficient (Wildman–Crippen LogP) is 2.76. The van der Waals surface area contributed by atoms with E-state index in [-0.39, 0.29) is 11.3 Å². The molecule has 0 bridgehead atoms. The van der Waals surface area contributed by atoms with Crippen molar-refractivity contribution in [2.24, 2.45) is 5.92 Å². The lowest BCUT2D eigenvalue weighted by Gasteiger charge is -2.38. The van der Waals surface area contributed by atoms with Gasteiger partial charge in [0.05, 0.1) is 6.10 Å². The summed E-state index contributed by atoms with van der Waals surface area (Å²) in [5, 5.41) is 10.4. The van der Waals surface area contributed by atoms with Crippen LogP contribution in [0.5, 0.6) is 0 Å². The van der Waals surface area contributed by atoms with Gasteiger partial charge in [-0.05, 0) is 30.0 Å². The van der Waals surface area contributed by atoms with Gasteiger partial charge in [0, 0.05) is 24.1 Å². The quantitative estimate of drug-likeness (QED) is 0.853. The Kier molecular flexibility index (Phi) is 2.98. The van der Waals surface area contributed by atoms with Crippen molar-refractivity contribution in [1.29, 1.82) is 0 Å². The Labute approximate surface area is 119 Å². The maximum Gasteiger partial charge on any atom is 0.226 e. The zero-order chi connectivity index (χ0) is 14.5. The zero-order valence-corrected chi connectivity index (χ0v) is 12.3. The third-order valence-electron chi connectivity index (χ3n) is 5.02. The van der Waals surface area contributed by atoms with E-state index >= 15 is 0 Å². The van der Waals surface area contributed by atoms with E-state index in [1.54, 1.807) is 0 Å². The highest BCUT2D eigenvalue weighted by molar-refractivity contribution is 5.79. The van der Waals surface area contributed by atoms with Gasteiger partial charge >= 0.3 is 0 Å². The van der Waals surface area contributed by atoms with E-state index in [9.17, 15) is 9.90 Å². The number of nitrogens with zero attached hydrogens (tertiary/aromatic N) is 1. The molecule has 1 aliphatic heterocycles. The van der Waals surface area contributed by atoms with Crippen LogP contribution in [0.1, 0.15) is 44.4 Å². The molecule has 1 aromatic carbocycles. The monoisotopic (exact) mass is 271 g/mol. The molecule has 20 heavy (non-hydrogen) atoms. The molecule has 106 valence electrons. The topological polar surface area (TPSA) is 40.5 Å². The van der Waals surface area contributed by atoms with E-state index in [1.807, 2.05) is 36.1 Å².